The van der Waals surface area contributed by atoms with Crippen LogP contribution in [-0.2, 0) is 0 Å². The first kappa shape index (κ1) is 12.7. The van der Waals surface area contributed by atoms with Gasteiger partial charge in [0, 0.05) is 11.1 Å². The number of phenolic OH excluding ortho intramolecular Hbond substituents is 1. The van der Waals surface area contributed by atoms with E-state index in [-0.39, 0.29) is 11.3 Å². The number of benzene rings is 2. The van der Waals surface area contributed by atoms with Gasteiger partial charge in [0.15, 0.2) is 0 Å². The number of rotatable bonds is 1. The van der Waals surface area contributed by atoms with Gasteiger partial charge in [0.25, 0.3) is 5.56 Å². The lowest BCUT2D eigenvalue weighted by Gasteiger charge is -2.11. The smallest absolute Gasteiger partial charge is 0.265 e. The lowest BCUT2D eigenvalue weighted by atomic mass is 10.2. The number of aryl methyl sites for hydroxylation is 1. The minimum Gasteiger partial charge on any atom is -0.508 e. The van der Waals surface area contributed by atoms with E-state index in [4.69, 9.17) is 11.6 Å². The summed E-state index contributed by atoms with van der Waals surface area (Å²) in [6, 6.07) is 11.5. The van der Waals surface area contributed by atoms with Crippen molar-refractivity contribution in [3.63, 3.8) is 0 Å². The van der Waals surface area contributed by atoms with Gasteiger partial charge in [-0.05, 0) is 37.3 Å². The Balaban J connectivity index is 2.37. The molecule has 1 aromatic heterocycles. The molecular weight excluding hydrogens is 276 g/mol. The van der Waals surface area contributed by atoms with Crippen LogP contribution in [0.15, 0.2) is 47.3 Å². The molecule has 0 saturated carbocycles. The van der Waals surface area contributed by atoms with Crippen molar-refractivity contribution >= 4 is 22.5 Å². The Morgan fingerprint density at radius 1 is 1.20 bits per heavy atom. The third-order valence-corrected chi connectivity index (χ3v) is 3.32. The SMILES string of the molecule is Cc1nc2cc(Cl)ccc2c(=O)n1-c1cccc(O)c1. The summed E-state index contributed by atoms with van der Waals surface area (Å²) in [5.41, 5.74) is 0.961. The highest BCUT2D eigenvalue weighted by Gasteiger charge is 2.10. The Hall–Kier alpha value is -2.33. The van der Waals surface area contributed by atoms with Crippen LogP contribution in [0.25, 0.3) is 16.6 Å². The van der Waals surface area contributed by atoms with Gasteiger partial charge in [0.2, 0.25) is 0 Å². The number of fused-ring (bicyclic) bond motifs is 1. The Morgan fingerprint density at radius 3 is 2.75 bits per heavy atom. The fourth-order valence-corrected chi connectivity index (χ4v) is 2.37. The van der Waals surface area contributed by atoms with Crippen molar-refractivity contribution in [3.8, 4) is 11.4 Å². The molecule has 1 N–H and O–H groups in total. The molecule has 0 aliphatic carbocycles. The van der Waals surface area contributed by atoms with Crippen LogP contribution < -0.4 is 5.56 Å². The van der Waals surface area contributed by atoms with Crippen LogP contribution in [0.4, 0.5) is 0 Å². The maximum Gasteiger partial charge on any atom is 0.265 e. The van der Waals surface area contributed by atoms with E-state index in [1.165, 1.54) is 10.6 Å². The summed E-state index contributed by atoms with van der Waals surface area (Å²) in [5, 5.41) is 10.6. The molecule has 1 heterocycles. The predicted molar refractivity (Wildman–Crippen MR) is 78.8 cm³/mol. The highest BCUT2D eigenvalue weighted by Crippen LogP contribution is 2.19. The van der Waals surface area contributed by atoms with Gasteiger partial charge in [-0.15, -0.1) is 0 Å². The normalized spacial score (nSPS) is 10.9. The van der Waals surface area contributed by atoms with Gasteiger partial charge in [0.05, 0.1) is 16.6 Å². The summed E-state index contributed by atoms with van der Waals surface area (Å²) in [6.07, 6.45) is 0. The molecule has 0 amide bonds. The zero-order valence-corrected chi connectivity index (χ0v) is 11.4. The summed E-state index contributed by atoms with van der Waals surface area (Å²) in [5.74, 6) is 0.639. The third-order valence-electron chi connectivity index (χ3n) is 3.09. The average molecular weight is 287 g/mol. The van der Waals surface area contributed by atoms with Gasteiger partial charge < -0.3 is 5.11 Å². The molecule has 2 aromatic carbocycles. The van der Waals surface area contributed by atoms with Gasteiger partial charge in [-0.25, -0.2) is 4.98 Å². The molecule has 0 aliphatic heterocycles. The number of aromatic nitrogens is 2. The van der Waals surface area contributed by atoms with E-state index in [0.717, 1.165) is 0 Å². The van der Waals surface area contributed by atoms with Gasteiger partial charge in [0.1, 0.15) is 11.6 Å². The summed E-state index contributed by atoms with van der Waals surface area (Å²) < 4.78 is 1.47. The second-order valence-corrected chi connectivity index (χ2v) is 4.92. The minimum absolute atomic E-state index is 0.102. The maximum absolute atomic E-state index is 12.6. The van der Waals surface area contributed by atoms with Gasteiger partial charge in [-0.1, -0.05) is 17.7 Å². The van der Waals surface area contributed by atoms with Crippen LogP contribution in [-0.4, -0.2) is 14.7 Å². The van der Waals surface area contributed by atoms with Gasteiger partial charge in [-0.2, -0.15) is 0 Å². The van der Waals surface area contributed by atoms with Crippen LogP contribution >= 0.6 is 11.6 Å². The zero-order valence-electron chi connectivity index (χ0n) is 10.7. The highest BCUT2D eigenvalue weighted by atomic mass is 35.5. The third kappa shape index (κ3) is 2.04. The average Bonchev–Trinajstić information content (AvgIpc) is 2.38. The number of nitrogens with zero attached hydrogens (tertiary/aromatic N) is 2. The minimum atomic E-state index is -0.185. The standard InChI is InChI=1S/C15H11ClN2O2/c1-9-17-14-7-10(16)5-6-13(14)15(20)18(9)11-3-2-4-12(19)8-11/h2-8,19H,1H3. The predicted octanol–water partition coefficient (Wildman–Crippen LogP) is 3.05. The van der Waals surface area contributed by atoms with E-state index in [0.29, 0.717) is 27.4 Å². The molecule has 20 heavy (non-hydrogen) atoms. The highest BCUT2D eigenvalue weighted by molar-refractivity contribution is 6.31. The Kier molecular flexibility index (Phi) is 2.95. The quantitative estimate of drug-likeness (QED) is 0.748. The lowest BCUT2D eigenvalue weighted by Crippen LogP contribution is -2.22. The Labute approximate surface area is 119 Å². The largest absolute Gasteiger partial charge is 0.508 e. The van der Waals surface area contributed by atoms with Crippen molar-refractivity contribution in [2.75, 3.05) is 0 Å². The van der Waals surface area contributed by atoms with Crippen LogP contribution in [0.3, 0.4) is 0 Å². The number of aromatic hydroxyl groups is 1. The summed E-state index contributed by atoms with van der Waals surface area (Å²) in [7, 11) is 0. The van der Waals surface area contributed by atoms with Crippen LogP contribution in [0, 0.1) is 6.92 Å². The molecular formula is C15H11ClN2O2. The van der Waals surface area contributed by atoms with E-state index < -0.39 is 0 Å². The maximum atomic E-state index is 12.6. The number of halogens is 1. The number of hydrogen-bond acceptors (Lipinski definition) is 3. The second-order valence-electron chi connectivity index (χ2n) is 4.48. The molecule has 0 aliphatic rings. The Morgan fingerprint density at radius 2 is 2.00 bits per heavy atom. The summed E-state index contributed by atoms with van der Waals surface area (Å²) in [6.45, 7) is 1.74. The molecule has 3 rings (SSSR count). The van der Waals surface area contributed by atoms with Crippen LogP contribution in [0.1, 0.15) is 5.82 Å². The van der Waals surface area contributed by atoms with Crippen LogP contribution in [0.5, 0.6) is 5.75 Å². The van der Waals surface area contributed by atoms with E-state index in [9.17, 15) is 9.90 Å². The molecule has 0 spiro atoms. The van der Waals surface area contributed by atoms with E-state index in [1.54, 1.807) is 43.3 Å². The van der Waals surface area contributed by atoms with E-state index >= 15 is 0 Å². The molecule has 0 fully saturated rings. The fourth-order valence-electron chi connectivity index (χ4n) is 2.21. The first-order valence-corrected chi connectivity index (χ1v) is 6.42. The molecule has 0 saturated heterocycles. The van der Waals surface area contributed by atoms with Crippen molar-refractivity contribution in [1.82, 2.24) is 9.55 Å². The zero-order chi connectivity index (χ0) is 14.3. The van der Waals surface area contributed by atoms with Crippen molar-refractivity contribution in [3.05, 3.63) is 63.7 Å². The van der Waals surface area contributed by atoms with Crippen molar-refractivity contribution in [1.29, 1.82) is 0 Å². The van der Waals surface area contributed by atoms with Gasteiger partial charge in [-0.3, -0.25) is 9.36 Å². The Bertz CT molecular complexity index is 871. The van der Waals surface area contributed by atoms with Crippen molar-refractivity contribution in [2.45, 2.75) is 6.92 Å². The summed E-state index contributed by atoms with van der Waals surface area (Å²) in [4.78, 5) is 17.0. The summed E-state index contributed by atoms with van der Waals surface area (Å²) >= 11 is 5.92. The van der Waals surface area contributed by atoms with Crippen molar-refractivity contribution < 1.29 is 5.11 Å². The molecule has 0 unspecified atom stereocenters. The molecule has 0 bridgehead atoms. The number of hydrogen-bond donors (Lipinski definition) is 1. The molecule has 4 nitrogen and oxygen atoms in total. The van der Waals surface area contributed by atoms with E-state index in [1.807, 2.05) is 0 Å². The molecule has 100 valence electrons. The molecule has 3 aromatic rings. The molecule has 0 atom stereocenters. The second kappa shape index (κ2) is 4.65. The number of phenols is 1. The molecule has 0 radical (unpaired) electrons. The van der Waals surface area contributed by atoms with E-state index in [2.05, 4.69) is 4.98 Å². The van der Waals surface area contributed by atoms with Crippen LogP contribution in [0.2, 0.25) is 5.02 Å². The first-order valence-electron chi connectivity index (χ1n) is 6.04. The molecule has 5 heteroatoms. The van der Waals surface area contributed by atoms with Gasteiger partial charge >= 0.3 is 0 Å². The first-order chi connectivity index (χ1) is 9.56. The monoisotopic (exact) mass is 286 g/mol. The van der Waals surface area contributed by atoms with Crippen molar-refractivity contribution in [2.24, 2.45) is 0 Å². The topological polar surface area (TPSA) is 55.1 Å². The lowest BCUT2D eigenvalue weighted by molar-refractivity contribution is 0.475. The fraction of sp³-hybridized carbons (Fsp3) is 0.0667.